The van der Waals surface area contributed by atoms with E-state index in [4.69, 9.17) is 4.79 Å². The summed E-state index contributed by atoms with van der Waals surface area (Å²) < 4.78 is 33.2. The minimum atomic E-state index is -4.21. The minimum absolute atomic E-state index is 0.0826. The van der Waals surface area contributed by atoms with Crippen LogP contribution < -0.4 is 0 Å². The second-order valence-electron chi connectivity index (χ2n) is 5.77. The molecule has 24 heavy (non-hydrogen) atoms. The average Bonchev–Trinajstić information content (AvgIpc) is 2.58. The second-order valence-corrected chi connectivity index (χ2v) is 7.13. The smallest absolute Gasteiger partial charge is 0.295 e. The van der Waals surface area contributed by atoms with Gasteiger partial charge >= 0.3 is 0 Å². The van der Waals surface area contributed by atoms with Crippen molar-refractivity contribution in [3.8, 4) is 0 Å². The first-order valence-electron chi connectivity index (χ1n) is 8.31. The molecule has 0 heterocycles. The number of rotatable bonds is 8. The highest BCUT2D eigenvalue weighted by Gasteiger charge is 2.18. The van der Waals surface area contributed by atoms with Gasteiger partial charge in [0.05, 0.1) is 0 Å². The van der Waals surface area contributed by atoms with Gasteiger partial charge in [-0.2, -0.15) is 8.42 Å². The molecule has 0 bridgehead atoms. The summed E-state index contributed by atoms with van der Waals surface area (Å²) in [7, 11) is -4.21. The molecule has 2 aromatic rings. The Kier molecular flexibility index (Phi) is 8.65. The van der Waals surface area contributed by atoms with Crippen LogP contribution >= 0.6 is 0 Å². The Hall–Kier alpha value is -1.72. The lowest BCUT2D eigenvalue weighted by Crippen LogP contribution is -2.04. The predicted octanol–water partition coefficient (Wildman–Crippen LogP) is 4.80. The summed E-state index contributed by atoms with van der Waals surface area (Å²) in [5.74, 6) is 0. The van der Waals surface area contributed by atoms with Crippen molar-refractivity contribution in [2.24, 2.45) is 0 Å². The highest BCUT2D eigenvalue weighted by molar-refractivity contribution is 7.86. The van der Waals surface area contributed by atoms with Gasteiger partial charge in [0, 0.05) is 5.39 Å². The molecule has 0 radical (unpaired) electrons. The Morgan fingerprint density at radius 2 is 1.54 bits per heavy atom. The maximum Gasteiger partial charge on any atom is 0.295 e. The lowest BCUT2D eigenvalue weighted by Gasteiger charge is -2.11. The fourth-order valence-corrected chi connectivity index (χ4v) is 3.85. The van der Waals surface area contributed by atoms with Crippen LogP contribution in [0.2, 0.25) is 0 Å². The first-order chi connectivity index (χ1) is 11.5. The lowest BCUT2D eigenvalue weighted by atomic mass is 10.0. The SMILES string of the molecule is C=O.CCCCCCCCc1ccc2ccccc2c1S(=O)(=O)O. The van der Waals surface area contributed by atoms with Crippen LogP contribution in [-0.4, -0.2) is 19.8 Å². The number of hydrogen-bond donors (Lipinski definition) is 1. The number of carbonyl (C=O) groups is 1. The van der Waals surface area contributed by atoms with Crippen LogP contribution in [-0.2, 0) is 21.3 Å². The summed E-state index contributed by atoms with van der Waals surface area (Å²) in [6, 6.07) is 11.0. The zero-order chi connectivity index (χ0) is 18.0. The van der Waals surface area contributed by atoms with Gasteiger partial charge in [-0.1, -0.05) is 75.4 Å². The predicted molar refractivity (Wildman–Crippen MR) is 98.0 cm³/mol. The van der Waals surface area contributed by atoms with E-state index >= 15 is 0 Å². The van der Waals surface area contributed by atoms with Crippen LogP contribution in [0.1, 0.15) is 51.0 Å². The van der Waals surface area contributed by atoms with E-state index in [1.54, 1.807) is 12.1 Å². The van der Waals surface area contributed by atoms with Gasteiger partial charge in [0.25, 0.3) is 10.1 Å². The highest BCUT2D eigenvalue weighted by atomic mass is 32.2. The Morgan fingerprint density at radius 1 is 0.917 bits per heavy atom. The molecule has 0 saturated carbocycles. The van der Waals surface area contributed by atoms with Crippen LogP contribution in [0.15, 0.2) is 41.3 Å². The van der Waals surface area contributed by atoms with Crippen molar-refractivity contribution in [3.63, 3.8) is 0 Å². The van der Waals surface area contributed by atoms with Crippen molar-refractivity contribution in [1.29, 1.82) is 0 Å². The molecule has 2 aromatic carbocycles. The summed E-state index contributed by atoms with van der Waals surface area (Å²) in [6.45, 7) is 4.19. The molecule has 132 valence electrons. The van der Waals surface area contributed by atoms with E-state index in [2.05, 4.69) is 6.92 Å². The standard InChI is InChI=1S/C18H24O3S.CH2O/c1-2-3-4-5-6-7-11-16-14-13-15-10-8-9-12-17(15)18(16)22(19,20)21;1-2/h8-10,12-14H,2-7,11H2,1H3,(H,19,20,21);1H2. The zero-order valence-corrected chi connectivity index (χ0v) is 15.0. The fourth-order valence-electron chi connectivity index (χ4n) is 2.89. The Labute approximate surface area is 144 Å². The van der Waals surface area contributed by atoms with E-state index in [0.717, 1.165) is 23.8 Å². The van der Waals surface area contributed by atoms with Crippen molar-refractivity contribution < 1.29 is 17.8 Å². The van der Waals surface area contributed by atoms with Gasteiger partial charge in [0.1, 0.15) is 11.7 Å². The molecule has 0 unspecified atom stereocenters. The van der Waals surface area contributed by atoms with Crippen molar-refractivity contribution in [3.05, 3.63) is 42.0 Å². The molecule has 4 nitrogen and oxygen atoms in total. The minimum Gasteiger partial charge on any atom is -0.307 e. The Balaban J connectivity index is 0.00000139. The molecule has 1 N–H and O–H groups in total. The topological polar surface area (TPSA) is 71.4 Å². The van der Waals surface area contributed by atoms with E-state index in [1.165, 1.54) is 25.7 Å². The largest absolute Gasteiger partial charge is 0.307 e. The van der Waals surface area contributed by atoms with Crippen LogP contribution in [0.4, 0.5) is 0 Å². The fraction of sp³-hybridized carbons (Fsp3) is 0.421. The van der Waals surface area contributed by atoms with Crippen molar-refractivity contribution in [1.82, 2.24) is 0 Å². The number of unbranched alkanes of at least 4 members (excludes halogenated alkanes) is 5. The summed E-state index contributed by atoms with van der Waals surface area (Å²) in [5, 5.41) is 1.44. The zero-order valence-electron chi connectivity index (χ0n) is 14.2. The number of fused-ring (bicyclic) bond motifs is 1. The maximum absolute atomic E-state index is 11.8. The van der Waals surface area contributed by atoms with Gasteiger partial charge in [-0.05, 0) is 23.8 Å². The summed E-state index contributed by atoms with van der Waals surface area (Å²) >= 11 is 0. The summed E-state index contributed by atoms with van der Waals surface area (Å²) in [6.07, 6.45) is 7.63. The van der Waals surface area contributed by atoms with Crippen LogP contribution in [0.5, 0.6) is 0 Å². The monoisotopic (exact) mass is 350 g/mol. The normalized spacial score (nSPS) is 11.1. The van der Waals surface area contributed by atoms with Gasteiger partial charge in [-0.3, -0.25) is 4.55 Å². The summed E-state index contributed by atoms with van der Waals surface area (Å²) in [5.41, 5.74) is 0.719. The van der Waals surface area contributed by atoms with E-state index < -0.39 is 10.1 Å². The van der Waals surface area contributed by atoms with Crippen LogP contribution in [0, 0.1) is 0 Å². The molecule has 0 aliphatic rings. The second kappa shape index (κ2) is 10.2. The highest BCUT2D eigenvalue weighted by Crippen LogP contribution is 2.28. The molecule has 5 heteroatoms. The molecule has 0 aliphatic heterocycles. The van der Waals surface area contributed by atoms with Crippen molar-refractivity contribution in [2.45, 2.75) is 56.8 Å². The average molecular weight is 350 g/mol. The van der Waals surface area contributed by atoms with Crippen molar-refractivity contribution in [2.75, 3.05) is 0 Å². The molecule has 0 spiro atoms. The molecule has 0 amide bonds. The lowest BCUT2D eigenvalue weighted by molar-refractivity contribution is -0.0979. The molecule has 2 rings (SSSR count). The van der Waals surface area contributed by atoms with E-state index in [9.17, 15) is 13.0 Å². The van der Waals surface area contributed by atoms with Crippen molar-refractivity contribution >= 4 is 27.7 Å². The maximum atomic E-state index is 11.8. The van der Waals surface area contributed by atoms with Gasteiger partial charge in [0.15, 0.2) is 0 Å². The summed E-state index contributed by atoms with van der Waals surface area (Å²) in [4.78, 5) is 8.08. The third-order valence-corrected chi connectivity index (χ3v) is 5.02. The first-order valence-corrected chi connectivity index (χ1v) is 9.75. The van der Waals surface area contributed by atoms with E-state index in [0.29, 0.717) is 11.8 Å². The molecule has 0 aromatic heterocycles. The van der Waals surface area contributed by atoms with Gasteiger partial charge in [-0.15, -0.1) is 0 Å². The molecule has 0 atom stereocenters. The number of carbonyl (C=O) groups excluding carboxylic acids is 1. The molecular weight excluding hydrogens is 324 g/mol. The molecule has 0 fully saturated rings. The van der Waals surface area contributed by atoms with Gasteiger partial charge < -0.3 is 4.79 Å². The third-order valence-electron chi connectivity index (χ3n) is 4.02. The third kappa shape index (κ3) is 5.73. The van der Waals surface area contributed by atoms with Crippen LogP contribution in [0.3, 0.4) is 0 Å². The Bertz CT molecular complexity index is 738. The van der Waals surface area contributed by atoms with Gasteiger partial charge in [0.2, 0.25) is 0 Å². The number of benzene rings is 2. The Morgan fingerprint density at radius 3 is 2.21 bits per heavy atom. The van der Waals surface area contributed by atoms with Crippen LogP contribution in [0.25, 0.3) is 10.8 Å². The van der Waals surface area contributed by atoms with Gasteiger partial charge in [-0.25, -0.2) is 0 Å². The quantitative estimate of drug-likeness (QED) is 0.548. The van der Waals surface area contributed by atoms with E-state index in [1.807, 2.05) is 31.1 Å². The molecule has 0 saturated heterocycles. The molecular formula is C19H26O4S. The number of hydrogen-bond acceptors (Lipinski definition) is 3. The molecule has 0 aliphatic carbocycles. The first kappa shape index (κ1) is 20.3. The number of aryl methyl sites for hydroxylation is 1. The van der Waals surface area contributed by atoms with E-state index in [-0.39, 0.29) is 4.90 Å².